The highest BCUT2D eigenvalue weighted by molar-refractivity contribution is 5.89. The number of amides is 1. The molecule has 1 aliphatic heterocycles. The molecule has 1 fully saturated rings. The maximum Gasteiger partial charge on any atom is 0.263 e. The van der Waals surface area contributed by atoms with Crippen LogP contribution in [0.5, 0.6) is 0 Å². The van der Waals surface area contributed by atoms with Crippen LogP contribution in [0.3, 0.4) is 0 Å². The summed E-state index contributed by atoms with van der Waals surface area (Å²) in [6.45, 7) is 6.48. The number of aryl methyl sites for hydroxylation is 1. The SMILES string of the molecule is CCCCNc1nc(N)nc2ccn(CCCC(=O)N3CCNCC3)c(=O)c12. The summed E-state index contributed by atoms with van der Waals surface area (Å²) in [6, 6.07) is 1.78. The Bertz CT molecular complexity index is 874. The van der Waals surface area contributed by atoms with Crippen LogP contribution in [-0.2, 0) is 11.3 Å². The summed E-state index contributed by atoms with van der Waals surface area (Å²) >= 11 is 0. The van der Waals surface area contributed by atoms with Crippen molar-refractivity contribution in [3.8, 4) is 0 Å². The molecule has 0 saturated carbocycles. The summed E-state index contributed by atoms with van der Waals surface area (Å²) in [5.74, 6) is 0.769. The molecule has 1 aliphatic rings. The summed E-state index contributed by atoms with van der Waals surface area (Å²) in [4.78, 5) is 35.5. The molecule has 4 N–H and O–H groups in total. The maximum absolute atomic E-state index is 13.0. The Morgan fingerprint density at radius 2 is 2.07 bits per heavy atom. The number of rotatable bonds is 8. The topological polar surface area (TPSA) is 118 Å². The van der Waals surface area contributed by atoms with Gasteiger partial charge in [-0.2, -0.15) is 4.98 Å². The summed E-state index contributed by atoms with van der Waals surface area (Å²) in [5.41, 5.74) is 6.15. The second-order valence-electron chi connectivity index (χ2n) is 7.02. The Hall–Kier alpha value is -2.68. The molecule has 1 saturated heterocycles. The van der Waals surface area contributed by atoms with Gasteiger partial charge in [0, 0.05) is 51.9 Å². The van der Waals surface area contributed by atoms with Crippen molar-refractivity contribution in [1.82, 2.24) is 24.8 Å². The average molecular weight is 387 g/mol. The smallest absolute Gasteiger partial charge is 0.263 e. The molecule has 3 heterocycles. The van der Waals surface area contributed by atoms with Gasteiger partial charge in [0.1, 0.15) is 11.2 Å². The molecule has 9 nitrogen and oxygen atoms in total. The van der Waals surface area contributed by atoms with E-state index >= 15 is 0 Å². The normalized spacial score (nSPS) is 14.4. The molecule has 1 amide bonds. The second-order valence-corrected chi connectivity index (χ2v) is 7.02. The van der Waals surface area contributed by atoms with Gasteiger partial charge >= 0.3 is 0 Å². The zero-order chi connectivity index (χ0) is 19.9. The third-order valence-corrected chi connectivity index (χ3v) is 4.92. The van der Waals surface area contributed by atoms with E-state index in [1.54, 1.807) is 16.8 Å². The van der Waals surface area contributed by atoms with E-state index in [9.17, 15) is 9.59 Å². The lowest BCUT2D eigenvalue weighted by Crippen LogP contribution is -2.46. The lowest BCUT2D eigenvalue weighted by atomic mass is 10.2. The van der Waals surface area contributed by atoms with Gasteiger partial charge in [0.05, 0.1) is 5.52 Å². The van der Waals surface area contributed by atoms with Crippen LogP contribution in [0.15, 0.2) is 17.1 Å². The van der Waals surface area contributed by atoms with E-state index in [2.05, 4.69) is 27.5 Å². The van der Waals surface area contributed by atoms with E-state index in [0.717, 1.165) is 45.6 Å². The maximum atomic E-state index is 13.0. The molecule has 0 aliphatic carbocycles. The number of fused-ring (bicyclic) bond motifs is 1. The molecule has 2 aromatic heterocycles. The fraction of sp³-hybridized carbons (Fsp3) is 0.579. The van der Waals surface area contributed by atoms with Gasteiger partial charge in [0.25, 0.3) is 5.56 Å². The molecular formula is C19H29N7O2. The van der Waals surface area contributed by atoms with Crippen molar-refractivity contribution in [1.29, 1.82) is 0 Å². The number of pyridine rings is 1. The van der Waals surface area contributed by atoms with Crippen molar-refractivity contribution in [2.45, 2.75) is 39.2 Å². The minimum Gasteiger partial charge on any atom is -0.369 e. The minimum atomic E-state index is -0.161. The number of carbonyl (C=O) groups is 1. The Labute approximate surface area is 164 Å². The first-order valence-electron chi connectivity index (χ1n) is 9.99. The summed E-state index contributed by atoms with van der Waals surface area (Å²) in [7, 11) is 0. The van der Waals surface area contributed by atoms with Crippen molar-refractivity contribution < 1.29 is 4.79 Å². The van der Waals surface area contributed by atoms with E-state index in [4.69, 9.17) is 5.73 Å². The number of hydrogen-bond acceptors (Lipinski definition) is 7. The van der Waals surface area contributed by atoms with Crippen LogP contribution in [0.4, 0.5) is 11.8 Å². The van der Waals surface area contributed by atoms with Gasteiger partial charge in [0.2, 0.25) is 11.9 Å². The number of aromatic nitrogens is 3. The average Bonchev–Trinajstić information content (AvgIpc) is 2.70. The van der Waals surface area contributed by atoms with Crippen molar-refractivity contribution in [2.75, 3.05) is 43.8 Å². The Morgan fingerprint density at radius 3 is 2.82 bits per heavy atom. The number of carbonyl (C=O) groups excluding carboxylic acids is 1. The predicted octanol–water partition coefficient (Wildman–Crippen LogP) is 0.798. The first-order valence-corrected chi connectivity index (χ1v) is 9.99. The molecule has 0 aromatic carbocycles. The molecule has 0 spiro atoms. The number of nitrogens with zero attached hydrogens (tertiary/aromatic N) is 4. The Kier molecular flexibility index (Phi) is 6.80. The summed E-state index contributed by atoms with van der Waals surface area (Å²) in [6.07, 6.45) is 4.77. The molecule has 9 heteroatoms. The number of piperazine rings is 1. The number of hydrogen-bond donors (Lipinski definition) is 3. The highest BCUT2D eigenvalue weighted by atomic mass is 16.2. The van der Waals surface area contributed by atoms with Crippen LogP contribution in [0, 0.1) is 0 Å². The molecule has 152 valence electrons. The van der Waals surface area contributed by atoms with Gasteiger partial charge < -0.3 is 25.8 Å². The van der Waals surface area contributed by atoms with Crippen LogP contribution in [0.2, 0.25) is 0 Å². The highest BCUT2D eigenvalue weighted by Crippen LogP contribution is 2.17. The molecule has 0 radical (unpaired) electrons. The zero-order valence-electron chi connectivity index (χ0n) is 16.4. The van der Waals surface area contributed by atoms with E-state index < -0.39 is 0 Å². The third kappa shape index (κ3) is 4.78. The van der Waals surface area contributed by atoms with Crippen molar-refractivity contribution in [3.63, 3.8) is 0 Å². The predicted molar refractivity (Wildman–Crippen MR) is 110 cm³/mol. The Balaban J connectivity index is 1.72. The van der Waals surface area contributed by atoms with Crippen LogP contribution in [-0.4, -0.2) is 58.1 Å². The highest BCUT2D eigenvalue weighted by Gasteiger charge is 2.16. The van der Waals surface area contributed by atoms with E-state index in [0.29, 0.717) is 36.1 Å². The number of nitrogens with two attached hydrogens (primary N) is 1. The fourth-order valence-corrected chi connectivity index (χ4v) is 3.36. The largest absolute Gasteiger partial charge is 0.369 e. The molecule has 0 bridgehead atoms. The lowest BCUT2D eigenvalue weighted by Gasteiger charge is -2.27. The Morgan fingerprint density at radius 1 is 1.29 bits per heavy atom. The van der Waals surface area contributed by atoms with E-state index in [1.165, 1.54) is 0 Å². The number of nitrogens with one attached hydrogen (secondary N) is 2. The van der Waals surface area contributed by atoms with Gasteiger partial charge in [-0.05, 0) is 18.9 Å². The van der Waals surface area contributed by atoms with Gasteiger partial charge in [0.15, 0.2) is 0 Å². The molecule has 0 atom stereocenters. The van der Waals surface area contributed by atoms with Crippen LogP contribution >= 0.6 is 0 Å². The quantitative estimate of drug-likeness (QED) is 0.573. The van der Waals surface area contributed by atoms with Crippen LogP contribution in [0.25, 0.3) is 10.9 Å². The van der Waals surface area contributed by atoms with Gasteiger partial charge in [-0.3, -0.25) is 9.59 Å². The lowest BCUT2D eigenvalue weighted by molar-refractivity contribution is -0.131. The van der Waals surface area contributed by atoms with Gasteiger partial charge in [-0.25, -0.2) is 4.98 Å². The minimum absolute atomic E-state index is 0.144. The van der Waals surface area contributed by atoms with E-state index in [1.807, 2.05) is 4.90 Å². The van der Waals surface area contributed by atoms with Crippen LogP contribution < -0.4 is 21.9 Å². The van der Waals surface area contributed by atoms with Crippen molar-refractivity contribution in [3.05, 3.63) is 22.6 Å². The molecular weight excluding hydrogens is 358 g/mol. The second kappa shape index (κ2) is 9.50. The van der Waals surface area contributed by atoms with Gasteiger partial charge in [-0.1, -0.05) is 13.3 Å². The third-order valence-electron chi connectivity index (χ3n) is 4.92. The molecule has 3 rings (SSSR count). The molecule has 28 heavy (non-hydrogen) atoms. The zero-order valence-corrected chi connectivity index (χ0v) is 16.4. The summed E-state index contributed by atoms with van der Waals surface area (Å²) in [5, 5.41) is 6.89. The standard InChI is InChI=1S/C19H29N7O2/c1-2-3-7-22-17-16-14(23-19(20)24-17)6-11-26(18(16)28)10-4-5-15(27)25-12-8-21-9-13-25/h6,11,21H,2-5,7-10,12-13H2,1H3,(H3,20,22,23,24). The van der Waals surface area contributed by atoms with Crippen LogP contribution in [0.1, 0.15) is 32.6 Å². The number of nitrogen functional groups attached to an aromatic ring is 1. The fourth-order valence-electron chi connectivity index (χ4n) is 3.36. The van der Waals surface area contributed by atoms with Crippen molar-refractivity contribution in [2.24, 2.45) is 0 Å². The first kappa shape index (κ1) is 20.1. The monoisotopic (exact) mass is 387 g/mol. The number of unbranched alkanes of at least 4 members (excludes halogenated alkanes) is 1. The first-order chi connectivity index (χ1) is 13.6. The molecule has 2 aromatic rings. The van der Waals surface area contributed by atoms with Gasteiger partial charge in [-0.15, -0.1) is 0 Å². The summed E-state index contributed by atoms with van der Waals surface area (Å²) < 4.78 is 1.62. The molecule has 0 unspecified atom stereocenters. The van der Waals surface area contributed by atoms with E-state index in [-0.39, 0.29) is 17.4 Å². The number of anilines is 2. The van der Waals surface area contributed by atoms with Crippen molar-refractivity contribution >= 4 is 28.6 Å².